The number of methoxy groups -OCH3 is 1. The fourth-order valence-corrected chi connectivity index (χ4v) is 3.96. The topological polar surface area (TPSA) is 128 Å². The number of rotatable bonds is 7. The number of nitrogens with one attached hydrogen (secondary N) is 2. The number of esters is 1. The lowest BCUT2D eigenvalue weighted by Crippen LogP contribution is -2.28. The van der Waals surface area contributed by atoms with E-state index in [-0.39, 0.29) is 45.8 Å². The van der Waals surface area contributed by atoms with Crippen molar-refractivity contribution >= 4 is 52.5 Å². The van der Waals surface area contributed by atoms with Crippen molar-refractivity contribution in [3.05, 3.63) is 52.2 Å². The van der Waals surface area contributed by atoms with Gasteiger partial charge in [-0.2, -0.15) is 0 Å². The molecule has 2 heterocycles. The van der Waals surface area contributed by atoms with Crippen molar-refractivity contribution in [3.63, 3.8) is 0 Å². The van der Waals surface area contributed by atoms with E-state index in [1.165, 1.54) is 37.6 Å². The molecule has 35 heavy (non-hydrogen) atoms. The summed E-state index contributed by atoms with van der Waals surface area (Å²) in [7, 11) is 1.38. The fourth-order valence-electron chi connectivity index (χ4n) is 3.57. The monoisotopic (exact) mass is 523 g/mol. The number of carbonyl (C=O) groups excluding carboxylic acids is 2. The van der Waals surface area contributed by atoms with E-state index in [2.05, 4.69) is 25.8 Å². The van der Waals surface area contributed by atoms with Gasteiger partial charge in [0.2, 0.25) is 5.88 Å². The van der Waals surface area contributed by atoms with Crippen molar-refractivity contribution in [3.8, 4) is 5.88 Å². The molecule has 0 spiro atoms. The Labute approximate surface area is 209 Å². The summed E-state index contributed by atoms with van der Waals surface area (Å²) in [6.45, 7) is 0. The van der Waals surface area contributed by atoms with E-state index in [0.717, 1.165) is 0 Å². The molecule has 1 aliphatic carbocycles. The Kier molecular flexibility index (Phi) is 7.67. The van der Waals surface area contributed by atoms with Gasteiger partial charge in [-0.05, 0) is 49.9 Å². The summed E-state index contributed by atoms with van der Waals surface area (Å²) in [5.74, 6) is -1.67. The second-order valence-electron chi connectivity index (χ2n) is 7.75. The summed E-state index contributed by atoms with van der Waals surface area (Å²) >= 11 is 12.0. The van der Waals surface area contributed by atoms with E-state index in [0.29, 0.717) is 37.1 Å². The number of hydrogen-bond acceptors (Lipinski definition) is 9. The van der Waals surface area contributed by atoms with Gasteiger partial charge in [0.15, 0.2) is 0 Å². The molecule has 13 heteroatoms. The van der Waals surface area contributed by atoms with Crippen LogP contribution in [0.2, 0.25) is 10.0 Å². The smallest absolute Gasteiger partial charge is 0.320 e. The highest BCUT2D eigenvalue weighted by molar-refractivity contribution is 6.32. The first-order chi connectivity index (χ1) is 16.8. The van der Waals surface area contributed by atoms with Crippen LogP contribution in [0.15, 0.2) is 34.9 Å². The number of benzene rings is 1. The van der Waals surface area contributed by atoms with E-state index >= 15 is 0 Å². The minimum Gasteiger partial charge on any atom is -0.473 e. The second-order valence-corrected chi connectivity index (χ2v) is 8.56. The van der Waals surface area contributed by atoms with Gasteiger partial charge >= 0.3 is 23.8 Å². The summed E-state index contributed by atoms with van der Waals surface area (Å²) in [6, 6.07) is 5.33. The number of pyridine rings is 1. The third kappa shape index (κ3) is 6.17. The first kappa shape index (κ1) is 24.7. The number of aromatic nitrogens is 3. The highest BCUT2D eigenvalue weighted by Crippen LogP contribution is 2.31. The number of carbonyl (C=O) groups is 2. The maximum absolute atomic E-state index is 13.3. The van der Waals surface area contributed by atoms with Crippen LogP contribution < -0.4 is 15.4 Å². The first-order valence-corrected chi connectivity index (χ1v) is 11.3. The summed E-state index contributed by atoms with van der Waals surface area (Å²) in [5, 5.41) is 12.8. The zero-order valence-corrected chi connectivity index (χ0v) is 19.9. The Morgan fingerprint density at radius 2 is 1.83 bits per heavy atom. The van der Waals surface area contributed by atoms with Crippen LogP contribution >= 0.6 is 23.2 Å². The summed E-state index contributed by atoms with van der Waals surface area (Å²) < 4.78 is 29.2. The fraction of sp³-hybridized carbons (Fsp3) is 0.318. The molecule has 0 aliphatic heterocycles. The number of amides is 1. The molecular formula is C22H20Cl2FN5O5. The maximum Gasteiger partial charge on any atom is 0.320 e. The molecule has 1 saturated carbocycles. The Hall–Kier alpha value is -3.44. The molecule has 1 aliphatic rings. The van der Waals surface area contributed by atoms with Crippen molar-refractivity contribution in [2.45, 2.75) is 31.8 Å². The quantitative estimate of drug-likeness (QED) is 0.410. The summed E-state index contributed by atoms with van der Waals surface area (Å²) in [5.41, 5.74) is 0.692. The number of hydrogen-bond donors (Lipinski definition) is 2. The van der Waals surface area contributed by atoms with Gasteiger partial charge in [0.1, 0.15) is 16.9 Å². The normalized spacial score (nSPS) is 17.5. The molecule has 3 aromatic rings. The van der Waals surface area contributed by atoms with Crippen LogP contribution in [0.4, 0.5) is 21.8 Å². The zero-order valence-electron chi connectivity index (χ0n) is 18.4. The molecule has 2 N–H and O–H groups in total. The van der Waals surface area contributed by atoms with Gasteiger partial charge in [0, 0.05) is 5.69 Å². The lowest BCUT2D eigenvalue weighted by Gasteiger charge is -2.27. The zero-order chi connectivity index (χ0) is 24.9. The van der Waals surface area contributed by atoms with Crippen LogP contribution in [0.3, 0.4) is 0 Å². The van der Waals surface area contributed by atoms with Gasteiger partial charge in [-0.15, -0.1) is 5.10 Å². The molecule has 4 rings (SSSR count). The predicted octanol–water partition coefficient (Wildman–Crippen LogP) is 5.02. The standard InChI is InChI=1S/C22H20Cl2FN5O5/c1-33-21(32)11-2-5-14(6-3-11)34-19-16(24)9-13(10-26-19)27-18(31)20-29-30-22(35-20)28-12-4-7-17(25)15(23)8-12/h4,7-11,14H,2-3,5-6H2,1H3,(H,27,31)(H,28,30). The largest absolute Gasteiger partial charge is 0.473 e. The predicted molar refractivity (Wildman–Crippen MR) is 125 cm³/mol. The average Bonchev–Trinajstić information content (AvgIpc) is 3.32. The van der Waals surface area contributed by atoms with Crippen LogP contribution in [0, 0.1) is 11.7 Å². The lowest BCUT2D eigenvalue weighted by atomic mass is 9.87. The van der Waals surface area contributed by atoms with Crippen molar-refractivity contribution in [1.29, 1.82) is 0 Å². The van der Waals surface area contributed by atoms with Crippen LogP contribution in [-0.4, -0.2) is 40.3 Å². The highest BCUT2D eigenvalue weighted by Gasteiger charge is 2.28. The summed E-state index contributed by atoms with van der Waals surface area (Å²) in [6.07, 6.45) is 3.94. The molecular weight excluding hydrogens is 504 g/mol. The Morgan fingerprint density at radius 3 is 2.51 bits per heavy atom. The molecule has 2 aromatic heterocycles. The van der Waals surface area contributed by atoms with Gasteiger partial charge < -0.3 is 24.5 Å². The Balaban J connectivity index is 1.33. The van der Waals surface area contributed by atoms with Gasteiger partial charge in [0.05, 0.1) is 29.9 Å². The molecule has 1 fully saturated rings. The lowest BCUT2D eigenvalue weighted by molar-refractivity contribution is -0.147. The molecule has 0 atom stereocenters. The van der Waals surface area contributed by atoms with Crippen LogP contribution in [0.25, 0.3) is 0 Å². The number of ether oxygens (including phenoxy) is 2. The van der Waals surface area contributed by atoms with E-state index in [4.69, 9.17) is 37.1 Å². The van der Waals surface area contributed by atoms with E-state index < -0.39 is 11.7 Å². The van der Waals surface area contributed by atoms with Gasteiger partial charge in [-0.1, -0.05) is 28.3 Å². The third-order valence-corrected chi connectivity index (χ3v) is 5.90. The Bertz CT molecular complexity index is 1230. The SMILES string of the molecule is COC(=O)C1CCC(Oc2ncc(NC(=O)c3nnc(Nc4ccc(F)c(Cl)c4)o3)cc2Cl)CC1. The maximum atomic E-state index is 13.3. The van der Waals surface area contributed by atoms with Crippen molar-refractivity contribution in [1.82, 2.24) is 15.2 Å². The first-order valence-electron chi connectivity index (χ1n) is 10.6. The van der Waals surface area contributed by atoms with Gasteiger partial charge in [-0.25, -0.2) is 9.37 Å². The molecule has 0 unspecified atom stereocenters. The van der Waals surface area contributed by atoms with Gasteiger partial charge in [-0.3, -0.25) is 9.59 Å². The average molecular weight is 524 g/mol. The van der Waals surface area contributed by atoms with E-state index in [1.54, 1.807) is 0 Å². The molecule has 0 radical (unpaired) electrons. The summed E-state index contributed by atoms with van der Waals surface area (Å²) in [4.78, 5) is 28.3. The Morgan fingerprint density at radius 1 is 1.09 bits per heavy atom. The molecule has 1 amide bonds. The molecule has 0 saturated heterocycles. The number of halogens is 3. The minimum atomic E-state index is -0.685. The van der Waals surface area contributed by atoms with Crippen molar-refractivity contribution in [2.75, 3.05) is 17.7 Å². The van der Waals surface area contributed by atoms with E-state index in [1.807, 2.05) is 0 Å². The second kappa shape index (κ2) is 10.9. The number of anilines is 3. The van der Waals surface area contributed by atoms with Crippen LogP contribution in [-0.2, 0) is 9.53 Å². The molecule has 10 nitrogen and oxygen atoms in total. The van der Waals surface area contributed by atoms with Crippen LogP contribution in [0.1, 0.15) is 36.4 Å². The van der Waals surface area contributed by atoms with Gasteiger partial charge in [0.25, 0.3) is 0 Å². The number of nitrogens with zero attached hydrogens (tertiary/aromatic N) is 3. The minimum absolute atomic E-state index is 0.0837. The highest BCUT2D eigenvalue weighted by atomic mass is 35.5. The molecule has 1 aromatic carbocycles. The van der Waals surface area contributed by atoms with Crippen molar-refractivity contribution in [2.24, 2.45) is 5.92 Å². The third-order valence-electron chi connectivity index (χ3n) is 5.34. The van der Waals surface area contributed by atoms with Crippen LogP contribution in [0.5, 0.6) is 5.88 Å². The van der Waals surface area contributed by atoms with E-state index in [9.17, 15) is 14.0 Å². The molecule has 0 bridgehead atoms. The van der Waals surface area contributed by atoms with Crippen molar-refractivity contribution < 1.29 is 27.9 Å². The molecule has 184 valence electrons.